The van der Waals surface area contributed by atoms with Crippen LogP contribution in [0.1, 0.15) is 180 Å². The van der Waals surface area contributed by atoms with E-state index < -0.39 is 158 Å². The summed E-state index contributed by atoms with van der Waals surface area (Å²) < 4.78 is 172. The molecule has 6 N–H and O–H groups in total. The van der Waals surface area contributed by atoms with E-state index >= 15 is 0 Å². The maximum Gasteiger partial charge on any atom is 0.359 e. The Morgan fingerprint density at radius 3 is 0.842 bits per heavy atom. The predicted octanol–water partition coefficient (Wildman–Crippen LogP) is 12.9. The quantitative estimate of drug-likeness (QED) is 0.0595. The van der Waals surface area contributed by atoms with Crippen molar-refractivity contribution in [2.24, 2.45) is 29.4 Å². The number of aromatic carboxylic acids is 1. The van der Waals surface area contributed by atoms with E-state index in [1.165, 1.54) is 43.0 Å². The highest BCUT2D eigenvalue weighted by Gasteiger charge is 2.55. The van der Waals surface area contributed by atoms with Gasteiger partial charge in [-0.2, -0.15) is 41.4 Å². The molecule has 672 valence electrons. The first kappa shape index (κ1) is 90.6. The molecule has 20 rings (SSSR count). The summed E-state index contributed by atoms with van der Waals surface area (Å²) in [6.07, 6.45) is 5.66. The fourth-order valence-electron chi connectivity index (χ4n) is 17.9. The molecule has 4 fully saturated rings. The van der Waals surface area contributed by atoms with E-state index in [1.807, 2.05) is 24.3 Å². The third kappa shape index (κ3) is 19.9. The van der Waals surface area contributed by atoms with Gasteiger partial charge in [0.25, 0.3) is 17.7 Å². The number of nitrogens with one attached hydrogen (secondary N) is 3. The summed E-state index contributed by atoms with van der Waals surface area (Å²) in [5, 5.41) is 67.7. The van der Waals surface area contributed by atoms with Gasteiger partial charge in [-0.25, -0.2) is 57.5 Å². The molecule has 133 heavy (non-hydrogen) atoms. The number of nitrogens with zero attached hydrogens (tertiary/aromatic N) is 12. The molecule has 4 aromatic heterocycles. The highest BCUT2D eigenvalue weighted by molar-refractivity contribution is 6.00. The molecule has 0 bridgehead atoms. The van der Waals surface area contributed by atoms with Crippen molar-refractivity contribution in [3.05, 3.63) is 352 Å². The average Bonchev–Trinajstić information content (AvgIpc) is 1.58. The summed E-state index contributed by atoms with van der Waals surface area (Å²) in [4.78, 5) is 98.9. The standard InChI is InChI=1S/3C24H17F3N4O2.C12H11F2NO.C12H8FN3O2/c3*25-14-5-15-16-7-18(16)22(21(32)8-17(15)19(26)6-14)29-24(33)23-20(27)11-31(30-23)10-13-3-1-2-12(4-13)9-28;13-5-1-6-7-3-9(7)12(15)11(16)4-8(6)10(14)2-5;13-10-7-16(15-11(10)12(17)18)6-9-3-1-2-8(4-9)5-14/h3*1-6,11,16,18,22H,7-8,10H2,(H,29,33);1-2,7,9,12H,3-4,15H2;1-4,7H,6H2,(H,17,18)/t16-,18?,22?;2*16-,18-,22-;7-,9?,12-;/m0100./s1. The highest BCUT2D eigenvalue weighted by Crippen LogP contribution is 2.57. The summed E-state index contributed by atoms with van der Waals surface area (Å²) in [5.41, 5.74) is 11.3. The molecule has 0 spiro atoms. The Balaban J connectivity index is 0.000000124. The second kappa shape index (κ2) is 37.4. The minimum atomic E-state index is -1.41. The van der Waals surface area contributed by atoms with Crippen molar-refractivity contribution in [3.8, 4) is 24.3 Å². The van der Waals surface area contributed by atoms with Gasteiger partial charge in [0.1, 0.15) is 46.5 Å². The van der Waals surface area contributed by atoms with Crippen LogP contribution >= 0.6 is 0 Å². The van der Waals surface area contributed by atoms with Crippen LogP contribution in [0.25, 0.3) is 0 Å². The van der Waals surface area contributed by atoms with E-state index in [1.54, 1.807) is 97.1 Å². The molecule has 12 aromatic rings. The third-order valence-corrected chi connectivity index (χ3v) is 24.5. The first-order valence-corrected chi connectivity index (χ1v) is 41.5. The number of carbonyl (C=O) groups excluding carboxylic acids is 7. The lowest BCUT2D eigenvalue weighted by Gasteiger charge is -2.15. The van der Waals surface area contributed by atoms with E-state index in [9.17, 15) is 91.0 Å². The number of nitriles is 4. The molecule has 3 unspecified atom stereocenters. The van der Waals surface area contributed by atoms with Crippen LogP contribution in [0.4, 0.5) is 52.7 Å². The number of carboxylic acids is 1. The van der Waals surface area contributed by atoms with Crippen LogP contribution in [-0.2, 0) is 71.0 Å². The zero-order valence-electron chi connectivity index (χ0n) is 69.3. The van der Waals surface area contributed by atoms with Crippen LogP contribution in [0.15, 0.2) is 170 Å². The number of benzene rings is 8. The molecular weight excluding hydrogens is 1750 g/mol. The van der Waals surface area contributed by atoms with Gasteiger partial charge in [-0.05, 0) is 213 Å². The number of rotatable bonds is 15. The fourth-order valence-corrected chi connectivity index (χ4v) is 17.9. The second-order valence-electron chi connectivity index (χ2n) is 33.4. The van der Waals surface area contributed by atoms with Crippen LogP contribution in [0.3, 0.4) is 0 Å². The Bertz CT molecular complexity index is 6510. The number of amides is 3. The van der Waals surface area contributed by atoms with Crippen molar-refractivity contribution >= 4 is 46.8 Å². The first-order valence-electron chi connectivity index (χ1n) is 41.5. The van der Waals surface area contributed by atoms with Gasteiger partial charge in [0, 0.05) is 49.9 Å². The van der Waals surface area contributed by atoms with E-state index in [0.29, 0.717) is 86.0 Å². The molecule has 4 saturated carbocycles. The summed E-state index contributed by atoms with van der Waals surface area (Å²) in [6, 6.07) is 39.7. The predicted molar refractivity (Wildman–Crippen MR) is 442 cm³/mol. The molecule has 8 aliphatic carbocycles. The number of aromatic nitrogens is 8. The SMILES string of the molecule is N#Cc1cccc(Cn2cc(F)c(C(=O)NC3C(=O)Cc4c(F)cc(F)cc4[C@@H]4CC34)n2)c1.N#Cc1cccc(Cn2cc(F)c(C(=O)N[C@@H]3C(=O)Cc4c(F)cc(F)cc4[C@@H]4C[C@H]34)n2)c1.N#Cc1cccc(Cn2cc(F)c(C(=O)N[C@H]3C(=O)Cc4c(F)cc(F)cc4[C@H]4C[C@H]43)n2)c1.N#Cc1cccc(Cn2cc(F)c(C(=O)O)n2)c1.N[C@@H]1C(=O)Cc2c(F)cc(F)cc2[C@@H]2CC12. The normalized spacial score (nSPS) is 20.7. The Labute approximate surface area is 746 Å². The van der Waals surface area contributed by atoms with Crippen LogP contribution in [-0.4, -0.2) is 115 Å². The molecule has 8 aromatic carbocycles. The minimum Gasteiger partial charge on any atom is -0.476 e. The lowest BCUT2D eigenvalue weighted by Crippen LogP contribution is -2.43. The number of ketones is 4. The molecule has 25 nitrogen and oxygen atoms in total. The molecule has 4 heterocycles. The smallest absolute Gasteiger partial charge is 0.359 e. The number of hydrogen-bond donors (Lipinski definition) is 5. The molecule has 37 heteroatoms. The van der Waals surface area contributed by atoms with Crippen LogP contribution in [0.5, 0.6) is 0 Å². The Kier molecular flexibility index (Phi) is 25.5. The van der Waals surface area contributed by atoms with Gasteiger partial charge in [0.2, 0.25) is 5.69 Å². The van der Waals surface area contributed by atoms with Crippen molar-refractivity contribution in [3.63, 3.8) is 0 Å². The highest BCUT2D eigenvalue weighted by atomic mass is 19.2. The van der Waals surface area contributed by atoms with Crippen LogP contribution in [0, 0.1) is 139 Å². The third-order valence-electron chi connectivity index (χ3n) is 24.5. The van der Waals surface area contributed by atoms with Crippen molar-refractivity contribution in [1.82, 2.24) is 55.1 Å². The fraction of sp³-hybridized carbons (Fsp3) is 0.250. The number of carboxylic acid groups (broad SMARTS) is 1. The summed E-state index contributed by atoms with van der Waals surface area (Å²) in [5.74, 6) is -15.9. The Morgan fingerprint density at radius 2 is 0.586 bits per heavy atom. The lowest BCUT2D eigenvalue weighted by atomic mass is 9.99. The molecule has 0 aliphatic heterocycles. The van der Waals surface area contributed by atoms with Gasteiger partial charge in [0.05, 0.1) is 122 Å². The lowest BCUT2D eigenvalue weighted by molar-refractivity contribution is -0.121. The molecule has 8 aliphatic rings. The van der Waals surface area contributed by atoms with Gasteiger partial charge in [-0.15, -0.1) is 0 Å². The largest absolute Gasteiger partial charge is 0.476 e. The van der Waals surface area contributed by atoms with Crippen LogP contribution in [0.2, 0.25) is 0 Å². The number of hydrogen-bond acceptors (Lipinski definition) is 17. The van der Waals surface area contributed by atoms with Gasteiger partial charge in [-0.1, -0.05) is 48.5 Å². The van der Waals surface area contributed by atoms with E-state index in [2.05, 4.69) is 36.3 Å². The molecule has 0 saturated heterocycles. The maximum atomic E-state index is 14.5. The first-order chi connectivity index (χ1) is 63.7. The summed E-state index contributed by atoms with van der Waals surface area (Å²) in [7, 11) is 0. The number of carbonyl (C=O) groups is 8. The molecule has 12 atom stereocenters. The summed E-state index contributed by atoms with van der Waals surface area (Å²) in [6.45, 7) is 0.645. The van der Waals surface area contributed by atoms with E-state index in [0.717, 1.165) is 61.0 Å². The zero-order chi connectivity index (χ0) is 94.4. The minimum absolute atomic E-state index is 0.00435. The second-order valence-corrected chi connectivity index (χ2v) is 33.4. The molecule has 3 amide bonds. The number of halogens is 12. The number of nitrogens with two attached hydrogens (primary N) is 1. The maximum absolute atomic E-state index is 14.5. The monoisotopic (exact) mass is 1820 g/mol. The summed E-state index contributed by atoms with van der Waals surface area (Å²) >= 11 is 0. The Morgan fingerprint density at radius 1 is 0.346 bits per heavy atom. The van der Waals surface area contributed by atoms with Crippen molar-refractivity contribution < 1.29 is 96.1 Å². The molecular formula is C96H70F12N16O9. The van der Waals surface area contributed by atoms with Crippen molar-refractivity contribution in [1.29, 1.82) is 21.0 Å². The number of fused-ring (bicyclic) bond motifs is 12. The Hall–Kier alpha value is -15.8. The zero-order valence-corrected chi connectivity index (χ0v) is 69.3. The van der Waals surface area contributed by atoms with Gasteiger partial charge in [-0.3, -0.25) is 52.3 Å². The van der Waals surface area contributed by atoms with Crippen molar-refractivity contribution in [2.75, 3.05) is 0 Å². The van der Waals surface area contributed by atoms with Gasteiger partial charge < -0.3 is 26.8 Å². The van der Waals surface area contributed by atoms with E-state index in [-0.39, 0.29) is 122 Å². The topological polar surface area (TPSA) is 385 Å². The van der Waals surface area contributed by atoms with Gasteiger partial charge in [0.15, 0.2) is 63.5 Å². The van der Waals surface area contributed by atoms with Crippen LogP contribution < -0.4 is 21.7 Å². The van der Waals surface area contributed by atoms with Gasteiger partial charge >= 0.3 is 5.97 Å². The molecule has 0 radical (unpaired) electrons. The van der Waals surface area contributed by atoms with E-state index in [4.69, 9.17) is 31.9 Å². The van der Waals surface area contributed by atoms with Crippen molar-refractivity contribution in [2.45, 2.75) is 125 Å². The average molecular weight is 1820 g/mol. The number of Topliss-reactive ketones (excluding diaryl/α,β-unsaturated/α-hetero) is 4.